The van der Waals surface area contributed by atoms with Gasteiger partial charge in [0.2, 0.25) is 0 Å². The molecule has 112 valence electrons. The fourth-order valence-electron chi connectivity index (χ4n) is 1.53. The Hall–Kier alpha value is -1.71. The Morgan fingerprint density at radius 2 is 1.65 bits per heavy atom. The van der Waals surface area contributed by atoms with E-state index in [9.17, 15) is 4.79 Å². The fourth-order valence-corrected chi connectivity index (χ4v) is 1.53. The Labute approximate surface area is 121 Å². The molecule has 1 rings (SSSR count). The number of hydrogen-bond acceptors (Lipinski definition) is 3. The highest BCUT2D eigenvalue weighted by molar-refractivity contribution is 5.67. The number of carbonyl (C=O) groups excluding carboxylic acids is 1. The molecule has 0 heterocycles. The molecule has 1 aromatic carbocycles. The molecule has 1 aromatic rings. The summed E-state index contributed by atoms with van der Waals surface area (Å²) < 4.78 is 5.15. The van der Waals surface area contributed by atoms with E-state index < -0.39 is 0 Å². The minimum absolute atomic E-state index is 0.300. The minimum atomic E-state index is -0.360. The summed E-state index contributed by atoms with van der Waals surface area (Å²) in [5.74, 6) is 1.04. The van der Waals surface area contributed by atoms with Gasteiger partial charge in [0, 0.05) is 18.8 Å². The Kier molecular flexibility index (Phi) is 6.91. The monoisotopic (exact) mass is 278 g/mol. The normalized spacial score (nSPS) is 10.7. The number of nitrogens with one attached hydrogen (secondary N) is 2. The number of benzene rings is 1. The zero-order chi connectivity index (χ0) is 15.0. The van der Waals surface area contributed by atoms with E-state index in [4.69, 9.17) is 4.74 Å². The molecule has 2 N–H and O–H groups in total. The molecule has 0 aromatic heterocycles. The summed E-state index contributed by atoms with van der Waals surface area (Å²) in [6.07, 6.45) is -0.360. The molecule has 20 heavy (non-hydrogen) atoms. The molecule has 0 unspecified atom stereocenters. The molecular formula is C16H26N2O2. The summed E-state index contributed by atoms with van der Waals surface area (Å²) in [6.45, 7) is 10.3. The highest BCUT2D eigenvalue weighted by atomic mass is 16.5. The minimum Gasteiger partial charge on any atom is -0.445 e. The maximum Gasteiger partial charge on any atom is 0.407 e. The van der Waals surface area contributed by atoms with Crippen molar-refractivity contribution in [2.24, 2.45) is 11.8 Å². The van der Waals surface area contributed by atoms with Gasteiger partial charge in [-0.1, -0.05) is 39.8 Å². The van der Waals surface area contributed by atoms with Gasteiger partial charge in [0.25, 0.3) is 0 Å². The summed E-state index contributed by atoms with van der Waals surface area (Å²) >= 11 is 0. The van der Waals surface area contributed by atoms with Crippen LogP contribution in [-0.4, -0.2) is 19.2 Å². The van der Waals surface area contributed by atoms with Gasteiger partial charge in [0.05, 0.1) is 0 Å². The molecule has 0 atom stereocenters. The summed E-state index contributed by atoms with van der Waals surface area (Å²) in [4.78, 5) is 11.4. The van der Waals surface area contributed by atoms with Gasteiger partial charge in [-0.2, -0.15) is 0 Å². The van der Waals surface area contributed by atoms with Crippen molar-refractivity contribution in [3.05, 3.63) is 29.8 Å². The van der Waals surface area contributed by atoms with E-state index in [0.29, 0.717) is 25.0 Å². The zero-order valence-corrected chi connectivity index (χ0v) is 12.9. The molecule has 0 fully saturated rings. The highest BCUT2D eigenvalue weighted by Gasteiger charge is 2.03. The first kappa shape index (κ1) is 16.3. The quantitative estimate of drug-likeness (QED) is 0.800. The molecule has 0 aliphatic heterocycles. The Morgan fingerprint density at radius 1 is 1.05 bits per heavy atom. The summed E-state index contributed by atoms with van der Waals surface area (Å²) in [7, 11) is 0. The first-order valence-electron chi connectivity index (χ1n) is 7.20. The second-order valence-electron chi connectivity index (χ2n) is 5.82. The van der Waals surface area contributed by atoms with Gasteiger partial charge in [-0.3, -0.25) is 0 Å². The molecule has 4 heteroatoms. The Morgan fingerprint density at radius 3 is 2.20 bits per heavy atom. The smallest absolute Gasteiger partial charge is 0.407 e. The van der Waals surface area contributed by atoms with Crippen LogP contribution < -0.4 is 10.6 Å². The van der Waals surface area contributed by atoms with E-state index in [0.717, 1.165) is 17.8 Å². The molecule has 0 saturated carbocycles. The van der Waals surface area contributed by atoms with E-state index in [1.807, 2.05) is 38.1 Å². The van der Waals surface area contributed by atoms with Gasteiger partial charge in [0.1, 0.15) is 6.61 Å². The van der Waals surface area contributed by atoms with E-state index in [1.54, 1.807) is 0 Å². The van der Waals surface area contributed by atoms with Crippen molar-refractivity contribution < 1.29 is 9.53 Å². The van der Waals surface area contributed by atoms with Crippen LogP contribution in [0.2, 0.25) is 0 Å². The van der Waals surface area contributed by atoms with Gasteiger partial charge in [-0.15, -0.1) is 0 Å². The van der Waals surface area contributed by atoms with Crippen LogP contribution in [0.15, 0.2) is 24.3 Å². The molecule has 0 aliphatic carbocycles. The number of ether oxygens (including phenoxy) is 1. The standard InChI is InChI=1S/C16H26N2O2/c1-12(2)9-17-15-7-5-14(6-8-15)11-20-16(19)18-10-13(3)4/h5-8,12-13,17H,9-11H2,1-4H3,(H,18,19). The highest BCUT2D eigenvalue weighted by Crippen LogP contribution is 2.11. The van der Waals surface area contributed by atoms with Crippen LogP contribution in [0.4, 0.5) is 10.5 Å². The van der Waals surface area contributed by atoms with E-state index in [2.05, 4.69) is 24.5 Å². The van der Waals surface area contributed by atoms with Crippen molar-refractivity contribution in [1.29, 1.82) is 0 Å². The van der Waals surface area contributed by atoms with Crippen molar-refractivity contribution in [3.8, 4) is 0 Å². The van der Waals surface area contributed by atoms with Crippen LogP contribution in [0.5, 0.6) is 0 Å². The SMILES string of the molecule is CC(C)CNC(=O)OCc1ccc(NCC(C)C)cc1. The van der Waals surface area contributed by atoms with Crippen molar-refractivity contribution >= 4 is 11.8 Å². The maximum absolute atomic E-state index is 11.4. The third-order valence-electron chi connectivity index (χ3n) is 2.69. The molecule has 0 radical (unpaired) electrons. The Balaban J connectivity index is 2.32. The number of hydrogen-bond donors (Lipinski definition) is 2. The molecule has 1 amide bonds. The largest absolute Gasteiger partial charge is 0.445 e. The number of carbonyl (C=O) groups is 1. The van der Waals surface area contributed by atoms with Crippen LogP contribution in [0.1, 0.15) is 33.3 Å². The van der Waals surface area contributed by atoms with Crippen LogP contribution in [0.25, 0.3) is 0 Å². The summed E-state index contributed by atoms with van der Waals surface area (Å²) in [5.41, 5.74) is 2.08. The van der Waals surface area contributed by atoms with Gasteiger partial charge in [-0.05, 0) is 29.5 Å². The number of rotatable bonds is 7. The average molecular weight is 278 g/mol. The summed E-state index contributed by atoms with van der Waals surface area (Å²) in [6, 6.07) is 7.96. The lowest BCUT2D eigenvalue weighted by atomic mass is 10.2. The van der Waals surface area contributed by atoms with Crippen LogP contribution in [-0.2, 0) is 11.3 Å². The maximum atomic E-state index is 11.4. The van der Waals surface area contributed by atoms with Gasteiger partial charge in [0.15, 0.2) is 0 Å². The van der Waals surface area contributed by atoms with E-state index >= 15 is 0 Å². The van der Waals surface area contributed by atoms with Crippen molar-refractivity contribution in [2.75, 3.05) is 18.4 Å². The number of amides is 1. The molecular weight excluding hydrogens is 252 g/mol. The molecule has 0 saturated heterocycles. The zero-order valence-electron chi connectivity index (χ0n) is 12.9. The van der Waals surface area contributed by atoms with E-state index in [-0.39, 0.29) is 6.09 Å². The topological polar surface area (TPSA) is 50.4 Å². The molecule has 4 nitrogen and oxygen atoms in total. The summed E-state index contributed by atoms with van der Waals surface area (Å²) in [5, 5.41) is 6.07. The van der Waals surface area contributed by atoms with E-state index in [1.165, 1.54) is 0 Å². The van der Waals surface area contributed by atoms with Gasteiger partial charge < -0.3 is 15.4 Å². The van der Waals surface area contributed by atoms with Crippen molar-refractivity contribution in [3.63, 3.8) is 0 Å². The van der Waals surface area contributed by atoms with Gasteiger partial charge in [-0.25, -0.2) is 4.79 Å². The van der Waals surface area contributed by atoms with Crippen molar-refractivity contribution in [1.82, 2.24) is 5.32 Å². The molecule has 0 bridgehead atoms. The second kappa shape index (κ2) is 8.46. The lowest BCUT2D eigenvalue weighted by molar-refractivity contribution is 0.138. The Bertz CT molecular complexity index is 399. The first-order chi connectivity index (χ1) is 9.47. The van der Waals surface area contributed by atoms with Crippen LogP contribution >= 0.6 is 0 Å². The first-order valence-corrected chi connectivity index (χ1v) is 7.20. The number of anilines is 1. The molecule has 0 aliphatic rings. The van der Waals surface area contributed by atoms with Gasteiger partial charge >= 0.3 is 6.09 Å². The van der Waals surface area contributed by atoms with Crippen LogP contribution in [0.3, 0.4) is 0 Å². The fraction of sp³-hybridized carbons (Fsp3) is 0.562. The third kappa shape index (κ3) is 7.02. The average Bonchev–Trinajstić information content (AvgIpc) is 2.41. The van der Waals surface area contributed by atoms with Crippen LogP contribution in [0, 0.1) is 11.8 Å². The number of alkyl carbamates (subject to hydrolysis) is 1. The predicted molar refractivity (Wildman–Crippen MR) is 82.8 cm³/mol. The van der Waals surface area contributed by atoms with Crippen molar-refractivity contribution in [2.45, 2.75) is 34.3 Å². The lowest BCUT2D eigenvalue weighted by Crippen LogP contribution is -2.27. The molecule has 0 spiro atoms. The lowest BCUT2D eigenvalue weighted by Gasteiger charge is -2.11. The second-order valence-corrected chi connectivity index (χ2v) is 5.82. The third-order valence-corrected chi connectivity index (χ3v) is 2.69. The predicted octanol–water partition coefficient (Wildman–Crippen LogP) is 3.64.